The van der Waals surface area contributed by atoms with E-state index >= 15 is 0 Å². The molecular formula is C13H21ClN2O5S2. The van der Waals surface area contributed by atoms with Gasteiger partial charge < -0.3 is 10.1 Å². The van der Waals surface area contributed by atoms with Gasteiger partial charge in [-0.2, -0.15) is 4.31 Å². The first-order valence-corrected chi connectivity index (χ1v) is 10.1. The third kappa shape index (κ3) is 4.16. The van der Waals surface area contributed by atoms with Crippen LogP contribution >= 0.6 is 12.4 Å². The first-order valence-electron chi connectivity index (χ1n) is 6.78. The van der Waals surface area contributed by atoms with Crippen molar-refractivity contribution in [2.24, 2.45) is 0 Å². The fourth-order valence-electron chi connectivity index (χ4n) is 2.40. The van der Waals surface area contributed by atoms with Gasteiger partial charge in [-0.25, -0.2) is 16.8 Å². The van der Waals surface area contributed by atoms with Crippen molar-refractivity contribution in [1.82, 2.24) is 9.62 Å². The average Bonchev–Trinajstić information content (AvgIpc) is 2.45. The molecule has 1 N–H and O–H groups in total. The standard InChI is InChI=1S/C13H20N2O5S2.ClH/c1-10-9-14-6-7-15(10)22(18,19)13-8-11(21(3,16)17)4-5-12(13)20-2;/h4-5,8,10,14H,6-7,9H2,1-3H3;1H. The van der Waals surface area contributed by atoms with Crippen LogP contribution in [0, 0.1) is 0 Å². The Hall–Kier alpha value is -0.870. The highest BCUT2D eigenvalue weighted by Crippen LogP contribution is 2.30. The number of rotatable bonds is 4. The molecule has 0 radical (unpaired) electrons. The van der Waals surface area contributed by atoms with Crippen LogP contribution in [0.3, 0.4) is 0 Å². The highest BCUT2D eigenvalue weighted by molar-refractivity contribution is 7.91. The van der Waals surface area contributed by atoms with Gasteiger partial charge in [-0.05, 0) is 25.1 Å². The van der Waals surface area contributed by atoms with Gasteiger partial charge in [0.1, 0.15) is 10.6 Å². The van der Waals surface area contributed by atoms with Crippen LogP contribution in [0.25, 0.3) is 0 Å². The number of halogens is 1. The number of nitrogens with zero attached hydrogens (tertiary/aromatic N) is 1. The molecule has 0 aliphatic carbocycles. The van der Waals surface area contributed by atoms with Crippen molar-refractivity contribution in [3.8, 4) is 5.75 Å². The Morgan fingerprint density at radius 2 is 1.91 bits per heavy atom. The lowest BCUT2D eigenvalue weighted by Gasteiger charge is -2.33. The number of benzene rings is 1. The van der Waals surface area contributed by atoms with Gasteiger partial charge in [0.15, 0.2) is 9.84 Å². The van der Waals surface area contributed by atoms with E-state index in [0.717, 1.165) is 12.3 Å². The molecule has 1 fully saturated rings. The molecule has 1 saturated heterocycles. The van der Waals surface area contributed by atoms with Crippen LogP contribution in [-0.2, 0) is 19.9 Å². The number of piperazine rings is 1. The molecule has 0 amide bonds. The van der Waals surface area contributed by atoms with E-state index in [1.807, 2.05) is 0 Å². The quantitative estimate of drug-likeness (QED) is 0.812. The Bertz CT molecular complexity index is 765. The first kappa shape index (κ1) is 20.2. The maximum absolute atomic E-state index is 12.9. The van der Waals surface area contributed by atoms with E-state index in [1.54, 1.807) is 6.92 Å². The summed E-state index contributed by atoms with van der Waals surface area (Å²) >= 11 is 0. The summed E-state index contributed by atoms with van der Waals surface area (Å²) < 4.78 is 55.6. The number of ether oxygens (including phenoxy) is 1. The van der Waals surface area contributed by atoms with Gasteiger partial charge in [-0.3, -0.25) is 0 Å². The Balaban J connectivity index is 0.00000264. The smallest absolute Gasteiger partial charge is 0.247 e. The highest BCUT2D eigenvalue weighted by atomic mass is 35.5. The molecule has 1 unspecified atom stereocenters. The number of methoxy groups -OCH3 is 1. The monoisotopic (exact) mass is 384 g/mol. The maximum Gasteiger partial charge on any atom is 0.247 e. The molecule has 1 aromatic rings. The second-order valence-electron chi connectivity index (χ2n) is 5.25. The molecule has 0 spiro atoms. The SMILES string of the molecule is COc1ccc(S(C)(=O)=O)cc1S(=O)(=O)N1CCNCC1C.Cl. The molecule has 1 heterocycles. The summed E-state index contributed by atoms with van der Waals surface area (Å²) in [5.41, 5.74) is 0. The van der Waals surface area contributed by atoms with Crippen molar-refractivity contribution in [3.05, 3.63) is 18.2 Å². The minimum atomic E-state index is -3.83. The molecule has 0 bridgehead atoms. The number of sulfonamides is 1. The molecule has 1 aliphatic heterocycles. The maximum atomic E-state index is 12.9. The molecular weight excluding hydrogens is 364 g/mol. The van der Waals surface area contributed by atoms with Gasteiger partial charge in [0.25, 0.3) is 0 Å². The van der Waals surface area contributed by atoms with Crippen LogP contribution in [0.2, 0.25) is 0 Å². The first-order chi connectivity index (χ1) is 10.2. The zero-order valence-electron chi connectivity index (χ0n) is 13.1. The molecule has 10 heteroatoms. The second-order valence-corrected chi connectivity index (χ2v) is 9.13. The van der Waals surface area contributed by atoms with E-state index in [-0.39, 0.29) is 34.0 Å². The predicted molar refractivity (Wildman–Crippen MR) is 89.6 cm³/mol. The average molecular weight is 385 g/mol. The van der Waals surface area contributed by atoms with Crippen LogP contribution in [0.15, 0.2) is 28.0 Å². The van der Waals surface area contributed by atoms with E-state index in [2.05, 4.69) is 5.32 Å². The lowest BCUT2D eigenvalue weighted by atomic mass is 10.3. The van der Waals surface area contributed by atoms with Crippen LogP contribution in [-0.4, -0.2) is 60.2 Å². The van der Waals surface area contributed by atoms with E-state index < -0.39 is 19.9 Å². The van der Waals surface area contributed by atoms with Gasteiger partial charge in [-0.15, -0.1) is 12.4 Å². The van der Waals surface area contributed by atoms with Crippen molar-refractivity contribution in [2.75, 3.05) is 33.0 Å². The normalized spacial score (nSPS) is 19.9. The van der Waals surface area contributed by atoms with E-state index in [9.17, 15) is 16.8 Å². The zero-order chi connectivity index (χ0) is 16.5. The Morgan fingerprint density at radius 1 is 1.26 bits per heavy atom. The second kappa shape index (κ2) is 7.35. The fourth-order valence-corrected chi connectivity index (χ4v) is 4.93. The van der Waals surface area contributed by atoms with Crippen LogP contribution in [0.1, 0.15) is 6.92 Å². The van der Waals surface area contributed by atoms with Crippen molar-refractivity contribution in [2.45, 2.75) is 22.8 Å². The minimum Gasteiger partial charge on any atom is -0.495 e. The number of hydrogen-bond donors (Lipinski definition) is 1. The summed E-state index contributed by atoms with van der Waals surface area (Å²) in [6.07, 6.45) is 1.04. The summed E-state index contributed by atoms with van der Waals surface area (Å²) in [4.78, 5) is -0.165. The third-order valence-corrected chi connectivity index (χ3v) is 6.74. The lowest BCUT2D eigenvalue weighted by molar-refractivity contribution is 0.282. The topological polar surface area (TPSA) is 92.8 Å². The minimum absolute atomic E-state index is 0. The molecule has 23 heavy (non-hydrogen) atoms. The van der Waals surface area contributed by atoms with Gasteiger partial charge in [-0.1, -0.05) is 0 Å². The van der Waals surface area contributed by atoms with E-state index in [1.165, 1.54) is 23.5 Å². The molecule has 7 nitrogen and oxygen atoms in total. The lowest BCUT2D eigenvalue weighted by Crippen LogP contribution is -2.52. The van der Waals surface area contributed by atoms with Gasteiger partial charge in [0, 0.05) is 31.9 Å². The Labute approximate surface area is 143 Å². The van der Waals surface area contributed by atoms with Crippen molar-refractivity contribution in [3.63, 3.8) is 0 Å². The van der Waals surface area contributed by atoms with Crippen LogP contribution < -0.4 is 10.1 Å². The predicted octanol–water partition coefficient (Wildman–Crippen LogP) is 0.503. The van der Waals surface area contributed by atoms with Gasteiger partial charge in [0.05, 0.1) is 12.0 Å². The van der Waals surface area contributed by atoms with Crippen LogP contribution in [0.4, 0.5) is 0 Å². The zero-order valence-corrected chi connectivity index (χ0v) is 15.6. The molecule has 2 rings (SSSR count). The molecule has 1 aromatic carbocycles. The summed E-state index contributed by atoms with van der Waals surface area (Å²) in [6, 6.07) is 3.66. The molecule has 1 aliphatic rings. The number of hydrogen-bond acceptors (Lipinski definition) is 6. The molecule has 0 aromatic heterocycles. The third-order valence-electron chi connectivity index (χ3n) is 3.59. The highest BCUT2D eigenvalue weighted by Gasteiger charge is 2.33. The Kier molecular flexibility index (Phi) is 6.45. The summed E-state index contributed by atoms with van der Waals surface area (Å²) in [5, 5.41) is 3.12. The summed E-state index contributed by atoms with van der Waals surface area (Å²) in [5.74, 6) is 0.137. The van der Waals surface area contributed by atoms with Crippen LogP contribution in [0.5, 0.6) is 5.75 Å². The van der Waals surface area contributed by atoms with E-state index in [4.69, 9.17) is 4.74 Å². The molecule has 0 saturated carbocycles. The largest absolute Gasteiger partial charge is 0.495 e. The van der Waals surface area contributed by atoms with Crippen molar-refractivity contribution in [1.29, 1.82) is 0 Å². The van der Waals surface area contributed by atoms with Gasteiger partial charge in [0.2, 0.25) is 10.0 Å². The Morgan fingerprint density at radius 3 is 2.43 bits per heavy atom. The fraction of sp³-hybridized carbons (Fsp3) is 0.538. The van der Waals surface area contributed by atoms with Crippen molar-refractivity contribution >= 4 is 32.3 Å². The number of sulfone groups is 1. The summed E-state index contributed by atoms with van der Waals surface area (Å²) in [7, 11) is -5.98. The molecule has 1 atom stereocenters. The van der Waals surface area contributed by atoms with E-state index in [0.29, 0.717) is 19.6 Å². The molecule has 132 valence electrons. The van der Waals surface area contributed by atoms with Crippen molar-refractivity contribution < 1.29 is 21.6 Å². The summed E-state index contributed by atoms with van der Waals surface area (Å²) in [6.45, 7) is 3.23. The number of nitrogens with one attached hydrogen (secondary N) is 1. The van der Waals surface area contributed by atoms with Gasteiger partial charge >= 0.3 is 0 Å².